The van der Waals surface area contributed by atoms with Gasteiger partial charge >= 0.3 is 0 Å². The van der Waals surface area contributed by atoms with Gasteiger partial charge in [0.2, 0.25) is 5.91 Å². The monoisotopic (exact) mass is 513 g/mol. The van der Waals surface area contributed by atoms with Crippen LogP contribution in [0.3, 0.4) is 0 Å². The van der Waals surface area contributed by atoms with Crippen LogP contribution < -0.4 is 0 Å². The molecule has 4 nitrogen and oxygen atoms in total. The molecule has 1 aliphatic heterocycles. The topological polar surface area (TPSA) is 54.5 Å². The minimum Gasteiger partial charge on any atom is -0.331 e. The van der Waals surface area contributed by atoms with Gasteiger partial charge in [0, 0.05) is 34.3 Å². The molecule has 1 unspecified atom stereocenters. The van der Waals surface area contributed by atoms with Gasteiger partial charge in [-0.2, -0.15) is 0 Å². The molecule has 0 spiro atoms. The number of aryl methyl sites for hydroxylation is 1. The van der Waals surface area contributed by atoms with Crippen molar-refractivity contribution >= 4 is 45.0 Å². The Bertz CT molecular complexity index is 1320. The molecule has 1 aliphatic rings. The lowest BCUT2D eigenvalue weighted by molar-refractivity contribution is -0.128. The van der Waals surface area contributed by atoms with Gasteiger partial charge in [-0.05, 0) is 48.2 Å². The van der Waals surface area contributed by atoms with Crippen LogP contribution in [0.5, 0.6) is 0 Å². The first-order valence-corrected chi connectivity index (χ1v) is 13.6. The summed E-state index contributed by atoms with van der Waals surface area (Å²) in [5, 5.41) is 1.14. The van der Waals surface area contributed by atoms with Crippen LogP contribution in [0.4, 0.5) is 0 Å². The summed E-state index contributed by atoms with van der Waals surface area (Å²) in [6, 6.07) is 20.7. The number of hydrogen-bond acceptors (Lipinski definition) is 3. The second kappa shape index (κ2) is 10.3. The SMILES string of the molecule is Cc1ccc(/C=C/C(=O)N(Cc2ccc(-c3ccc(Cl)cc3Cl)cc2)C2CCS(=O)(=O)C2)cc1. The van der Waals surface area contributed by atoms with Gasteiger partial charge < -0.3 is 4.90 Å². The number of benzene rings is 3. The molecule has 1 atom stereocenters. The summed E-state index contributed by atoms with van der Waals surface area (Å²) >= 11 is 12.3. The average molecular weight is 514 g/mol. The Balaban J connectivity index is 1.55. The minimum atomic E-state index is -3.13. The van der Waals surface area contributed by atoms with E-state index in [2.05, 4.69) is 0 Å². The van der Waals surface area contributed by atoms with Gasteiger partial charge in [-0.15, -0.1) is 0 Å². The van der Waals surface area contributed by atoms with Crippen LogP contribution in [0.2, 0.25) is 10.0 Å². The molecule has 1 heterocycles. The molecule has 0 radical (unpaired) electrons. The van der Waals surface area contributed by atoms with Gasteiger partial charge in [0.15, 0.2) is 9.84 Å². The van der Waals surface area contributed by atoms with Gasteiger partial charge in [-0.1, -0.05) is 83.4 Å². The predicted octanol–water partition coefficient (Wildman–Crippen LogP) is 6.20. The maximum atomic E-state index is 13.2. The van der Waals surface area contributed by atoms with Crippen molar-refractivity contribution in [1.29, 1.82) is 0 Å². The number of carbonyl (C=O) groups excluding carboxylic acids is 1. The lowest BCUT2D eigenvalue weighted by atomic mass is 10.0. The van der Waals surface area contributed by atoms with Gasteiger partial charge in [-0.25, -0.2) is 8.42 Å². The number of carbonyl (C=O) groups is 1. The normalized spacial score (nSPS) is 17.2. The van der Waals surface area contributed by atoms with Gasteiger partial charge in [0.1, 0.15) is 0 Å². The Kier molecular flexibility index (Phi) is 7.46. The van der Waals surface area contributed by atoms with E-state index >= 15 is 0 Å². The Morgan fingerprint density at radius 3 is 2.35 bits per heavy atom. The molecule has 4 rings (SSSR count). The van der Waals surface area contributed by atoms with E-state index in [1.54, 1.807) is 23.1 Å². The number of hydrogen-bond donors (Lipinski definition) is 0. The number of halogens is 2. The molecule has 1 amide bonds. The van der Waals surface area contributed by atoms with E-state index in [0.29, 0.717) is 23.0 Å². The van der Waals surface area contributed by atoms with Gasteiger partial charge in [0.25, 0.3) is 0 Å². The third-order valence-electron chi connectivity index (χ3n) is 5.98. The van der Waals surface area contributed by atoms with Gasteiger partial charge in [-0.3, -0.25) is 4.79 Å². The summed E-state index contributed by atoms with van der Waals surface area (Å²) in [4.78, 5) is 14.8. The first kappa shape index (κ1) is 24.5. The first-order valence-electron chi connectivity index (χ1n) is 11.0. The molecule has 7 heteroatoms. The maximum absolute atomic E-state index is 13.2. The number of rotatable bonds is 6. The zero-order valence-corrected chi connectivity index (χ0v) is 21.1. The van der Waals surface area contributed by atoms with E-state index in [9.17, 15) is 13.2 Å². The molecule has 1 fully saturated rings. The van der Waals surface area contributed by atoms with Crippen LogP contribution in [0.15, 0.2) is 72.8 Å². The van der Waals surface area contributed by atoms with Crippen molar-refractivity contribution in [3.05, 3.63) is 99.5 Å². The summed E-state index contributed by atoms with van der Waals surface area (Å²) in [6.07, 6.45) is 3.74. The second-order valence-corrected chi connectivity index (χ2v) is 11.7. The first-order chi connectivity index (χ1) is 16.2. The highest BCUT2D eigenvalue weighted by atomic mass is 35.5. The molecule has 176 valence electrons. The molecular weight excluding hydrogens is 489 g/mol. The van der Waals surface area contributed by atoms with Crippen molar-refractivity contribution in [2.45, 2.75) is 25.9 Å². The molecule has 0 N–H and O–H groups in total. The van der Waals surface area contributed by atoms with Crippen molar-refractivity contribution in [2.75, 3.05) is 11.5 Å². The highest BCUT2D eigenvalue weighted by molar-refractivity contribution is 7.91. The molecule has 0 bridgehead atoms. The van der Waals surface area contributed by atoms with E-state index in [0.717, 1.165) is 27.8 Å². The summed E-state index contributed by atoms with van der Waals surface area (Å²) in [6.45, 7) is 2.33. The average Bonchev–Trinajstić information content (AvgIpc) is 3.17. The molecule has 3 aromatic rings. The van der Waals surface area contributed by atoms with Crippen molar-refractivity contribution in [3.63, 3.8) is 0 Å². The molecule has 0 aliphatic carbocycles. The predicted molar refractivity (Wildman–Crippen MR) is 140 cm³/mol. The van der Waals surface area contributed by atoms with Crippen LogP contribution in [0.25, 0.3) is 17.2 Å². The van der Waals surface area contributed by atoms with Crippen LogP contribution in [0, 0.1) is 6.92 Å². The summed E-state index contributed by atoms with van der Waals surface area (Å²) < 4.78 is 24.2. The molecule has 1 saturated heterocycles. The highest BCUT2D eigenvalue weighted by Crippen LogP contribution is 2.31. The van der Waals surface area contributed by atoms with Crippen molar-refractivity contribution < 1.29 is 13.2 Å². The van der Waals surface area contributed by atoms with Crippen molar-refractivity contribution in [1.82, 2.24) is 4.90 Å². The highest BCUT2D eigenvalue weighted by Gasteiger charge is 2.34. The fraction of sp³-hybridized carbons (Fsp3) is 0.222. The Morgan fingerprint density at radius 2 is 1.74 bits per heavy atom. The second-order valence-electron chi connectivity index (χ2n) is 8.59. The molecule has 0 saturated carbocycles. The number of amides is 1. The molecular formula is C27H25Cl2NO3S. The van der Waals surface area contributed by atoms with Crippen LogP contribution in [0.1, 0.15) is 23.1 Å². The standard InChI is InChI=1S/C27H25Cl2NO3S/c1-19-2-4-20(5-3-19)8-13-27(31)30(24-14-15-34(32,33)18-24)17-21-6-9-22(10-7-21)25-12-11-23(28)16-26(25)29/h2-13,16,24H,14-15,17-18H2,1H3/b13-8+. The van der Waals surface area contributed by atoms with E-state index in [1.165, 1.54) is 6.08 Å². The minimum absolute atomic E-state index is 0.00439. The van der Waals surface area contributed by atoms with E-state index < -0.39 is 9.84 Å². The van der Waals surface area contributed by atoms with Crippen molar-refractivity contribution in [2.24, 2.45) is 0 Å². The van der Waals surface area contributed by atoms with Crippen LogP contribution >= 0.6 is 23.2 Å². The fourth-order valence-corrected chi connectivity index (χ4v) is 6.31. The Morgan fingerprint density at radius 1 is 1.03 bits per heavy atom. The maximum Gasteiger partial charge on any atom is 0.247 e. The lowest BCUT2D eigenvalue weighted by Crippen LogP contribution is -2.39. The lowest BCUT2D eigenvalue weighted by Gasteiger charge is -2.27. The zero-order valence-electron chi connectivity index (χ0n) is 18.7. The van der Waals surface area contributed by atoms with Crippen molar-refractivity contribution in [3.8, 4) is 11.1 Å². The fourth-order valence-electron chi connectivity index (χ4n) is 4.06. The molecule has 0 aromatic heterocycles. The Labute approximate surface area is 210 Å². The van der Waals surface area contributed by atoms with E-state index in [1.807, 2.05) is 61.5 Å². The third kappa shape index (κ3) is 6.09. The largest absolute Gasteiger partial charge is 0.331 e. The van der Waals surface area contributed by atoms with Crippen LogP contribution in [-0.4, -0.2) is 36.8 Å². The van der Waals surface area contributed by atoms with E-state index in [-0.39, 0.29) is 23.5 Å². The van der Waals surface area contributed by atoms with Gasteiger partial charge in [0.05, 0.1) is 11.5 Å². The smallest absolute Gasteiger partial charge is 0.247 e. The quantitative estimate of drug-likeness (QED) is 0.368. The number of nitrogens with zero attached hydrogens (tertiary/aromatic N) is 1. The summed E-state index contributed by atoms with van der Waals surface area (Å²) in [7, 11) is -3.13. The molecule has 34 heavy (non-hydrogen) atoms. The molecule has 3 aromatic carbocycles. The van der Waals surface area contributed by atoms with E-state index in [4.69, 9.17) is 23.2 Å². The third-order valence-corrected chi connectivity index (χ3v) is 8.28. The van der Waals surface area contributed by atoms with Crippen LogP contribution in [-0.2, 0) is 21.2 Å². The number of sulfone groups is 1. The summed E-state index contributed by atoms with van der Waals surface area (Å²) in [5.41, 5.74) is 4.78. The zero-order chi connectivity index (χ0) is 24.3. The Hall–Kier alpha value is -2.60. The summed E-state index contributed by atoms with van der Waals surface area (Å²) in [5.74, 6) is -0.0975.